The molecule has 6 nitrogen and oxygen atoms in total. The van der Waals surface area contributed by atoms with Crippen LogP contribution < -0.4 is 9.47 Å². The van der Waals surface area contributed by atoms with Gasteiger partial charge in [-0.2, -0.15) is 4.31 Å². The second kappa shape index (κ2) is 12.7. The summed E-state index contributed by atoms with van der Waals surface area (Å²) < 4.78 is 39.0. The highest BCUT2D eigenvalue weighted by molar-refractivity contribution is 7.89. The molecule has 1 fully saturated rings. The van der Waals surface area contributed by atoms with Crippen LogP contribution in [0.3, 0.4) is 0 Å². The monoisotopic (exact) mass is 485 g/mol. The Morgan fingerprint density at radius 2 is 1.56 bits per heavy atom. The largest absolute Gasteiger partial charge is 0.493 e. The number of ether oxygens (including phenoxy) is 2. The summed E-state index contributed by atoms with van der Waals surface area (Å²) in [7, 11) is -3.53. The summed E-state index contributed by atoms with van der Waals surface area (Å²) in [4.78, 5) is 13.0. The quantitative estimate of drug-likeness (QED) is 0.300. The zero-order valence-corrected chi connectivity index (χ0v) is 21.0. The summed E-state index contributed by atoms with van der Waals surface area (Å²) in [5, 5.41) is 0. The molecular weight excluding hydrogens is 450 g/mol. The summed E-state index contributed by atoms with van der Waals surface area (Å²) in [6.45, 7) is 6.39. The molecule has 1 heterocycles. The highest BCUT2D eigenvalue weighted by Crippen LogP contribution is 2.27. The van der Waals surface area contributed by atoms with Crippen molar-refractivity contribution >= 4 is 21.9 Å². The van der Waals surface area contributed by atoms with E-state index in [1.165, 1.54) is 18.2 Å². The van der Waals surface area contributed by atoms with Gasteiger partial charge in [-0.1, -0.05) is 26.7 Å². The minimum Gasteiger partial charge on any atom is -0.493 e. The van der Waals surface area contributed by atoms with Crippen LogP contribution >= 0.6 is 0 Å². The van der Waals surface area contributed by atoms with E-state index in [0.29, 0.717) is 37.6 Å². The Kier molecular flexibility index (Phi) is 9.72. The van der Waals surface area contributed by atoms with Crippen LogP contribution in [0, 0.1) is 0 Å². The number of benzene rings is 2. The topological polar surface area (TPSA) is 72.9 Å². The van der Waals surface area contributed by atoms with Crippen LogP contribution in [0.1, 0.15) is 68.3 Å². The fraction of sp³-hybridized carbons (Fsp3) is 0.444. The van der Waals surface area contributed by atoms with Crippen LogP contribution in [0.2, 0.25) is 0 Å². The van der Waals surface area contributed by atoms with Crippen molar-refractivity contribution in [1.82, 2.24) is 4.31 Å². The lowest BCUT2D eigenvalue weighted by Crippen LogP contribution is -2.31. The molecule has 0 aromatic heterocycles. The first kappa shape index (κ1) is 26.0. The molecule has 1 aliphatic heterocycles. The van der Waals surface area contributed by atoms with Gasteiger partial charge in [-0.3, -0.25) is 4.79 Å². The highest BCUT2D eigenvalue weighted by Gasteiger charge is 2.25. The minimum absolute atomic E-state index is 0.202. The Morgan fingerprint density at radius 3 is 2.21 bits per heavy atom. The third-order valence-corrected chi connectivity index (χ3v) is 7.59. The summed E-state index contributed by atoms with van der Waals surface area (Å²) in [5.41, 5.74) is 1.22. The first-order valence-electron chi connectivity index (χ1n) is 12.2. The van der Waals surface area contributed by atoms with Crippen LogP contribution in [0.25, 0.3) is 6.08 Å². The van der Waals surface area contributed by atoms with E-state index in [4.69, 9.17) is 9.47 Å². The molecule has 2 aromatic carbocycles. The van der Waals surface area contributed by atoms with E-state index in [9.17, 15) is 13.2 Å². The highest BCUT2D eigenvalue weighted by atomic mass is 32.2. The number of carbonyl (C=O) groups is 1. The Labute approximate surface area is 203 Å². The van der Waals surface area contributed by atoms with E-state index in [2.05, 4.69) is 0 Å². The fourth-order valence-corrected chi connectivity index (χ4v) is 5.30. The normalized spacial score (nSPS) is 15.2. The van der Waals surface area contributed by atoms with Crippen molar-refractivity contribution in [3.63, 3.8) is 0 Å². The number of hydrogen-bond donors (Lipinski definition) is 0. The van der Waals surface area contributed by atoms with Crippen molar-refractivity contribution in [2.75, 3.05) is 26.3 Å². The molecule has 0 saturated carbocycles. The summed E-state index contributed by atoms with van der Waals surface area (Å²) in [6.07, 6.45) is 8.88. The fourth-order valence-electron chi connectivity index (χ4n) is 3.78. The number of sulfonamides is 1. The van der Waals surface area contributed by atoms with Gasteiger partial charge in [0.05, 0.1) is 18.1 Å². The molecule has 0 N–H and O–H groups in total. The van der Waals surface area contributed by atoms with Gasteiger partial charge < -0.3 is 9.47 Å². The first-order chi connectivity index (χ1) is 16.5. The van der Waals surface area contributed by atoms with Gasteiger partial charge in [0, 0.05) is 30.3 Å². The smallest absolute Gasteiger partial charge is 0.243 e. The summed E-state index contributed by atoms with van der Waals surface area (Å²) in [6, 6.07) is 11.8. The molecule has 1 aliphatic rings. The summed E-state index contributed by atoms with van der Waals surface area (Å²) in [5.74, 6) is 1.20. The van der Waals surface area contributed by atoms with E-state index in [0.717, 1.165) is 49.8 Å². The molecule has 0 atom stereocenters. The molecule has 0 bridgehead atoms. The molecule has 2 aromatic rings. The average molecular weight is 486 g/mol. The molecule has 0 aliphatic carbocycles. The number of allylic oxidation sites excluding steroid dienone is 1. The van der Waals surface area contributed by atoms with E-state index >= 15 is 0 Å². The SMILES string of the molecule is CCCOc1ccc(/C=C/C(=O)c2ccc(S(=O)(=O)N3CCCCCC3)cc2)c(OCCC)c1. The van der Waals surface area contributed by atoms with Gasteiger partial charge in [0.1, 0.15) is 11.5 Å². The zero-order valence-electron chi connectivity index (χ0n) is 20.2. The van der Waals surface area contributed by atoms with Crippen molar-refractivity contribution in [1.29, 1.82) is 0 Å². The lowest BCUT2D eigenvalue weighted by Gasteiger charge is -2.19. The maximum absolute atomic E-state index is 13.0. The van der Waals surface area contributed by atoms with Crippen LogP contribution in [-0.4, -0.2) is 44.8 Å². The average Bonchev–Trinajstić information content (AvgIpc) is 3.15. The van der Waals surface area contributed by atoms with Crippen molar-refractivity contribution in [3.05, 3.63) is 59.7 Å². The van der Waals surface area contributed by atoms with Gasteiger partial charge in [-0.15, -0.1) is 0 Å². The predicted molar refractivity (Wildman–Crippen MR) is 135 cm³/mol. The van der Waals surface area contributed by atoms with Gasteiger partial charge >= 0.3 is 0 Å². The van der Waals surface area contributed by atoms with E-state index in [-0.39, 0.29) is 10.7 Å². The second-order valence-corrected chi connectivity index (χ2v) is 10.4. The number of carbonyl (C=O) groups excluding carboxylic acids is 1. The van der Waals surface area contributed by atoms with Crippen molar-refractivity contribution < 1.29 is 22.7 Å². The standard InChI is InChI=1S/C27H35NO5S/c1-3-19-32-24-13-9-23(27(21-24)33-20-4-2)12-16-26(29)22-10-14-25(15-11-22)34(30,31)28-17-7-5-6-8-18-28/h9-16,21H,3-8,17-20H2,1-2H3/b16-12+. The van der Waals surface area contributed by atoms with Crippen LogP contribution in [0.15, 0.2) is 53.4 Å². The van der Waals surface area contributed by atoms with E-state index in [1.54, 1.807) is 22.5 Å². The molecule has 34 heavy (non-hydrogen) atoms. The van der Waals surface area contributed by atoms with Gasteiger partial charge in [-0.25, -0.2) is 8.42 Å². The van der Waals surface area contributed by atoms with Crippen molar-refractivity contribution in [2.24, 2.45) is 0 Å². The Morgan fingerprint density at radius 1 is 0.912 bits per heavy atom. The molecular formula is C27H35NO5S. The van der Waals surface area contributed by atoms with Crippen LogP contribution in [-0.2, 0) is 10.0 Å². The molecule has 7 heteroatoms. The maximum atomic E-state index is 13.0. The summed E-state index contributed by atoms with van der Waals surface area (Å²) >= 11 is 0. The van der Waals surface area contributed by atoms with E-state index in [1.807, 2.05) is 32.0 Å². The molecule has 1 saturated heterocycles. The Bertz CT molecular complexity index is 1070. The zero-order chi connectivity index (χ0) is 24.4. The van der Waals surface area contributed by atoms with Crippen molar-refractivity contribution in [3.8, 4) is 11.5 Å². The second-order valence-electron chi connectivity index (χ2n) is 8.44. The molecule has 0 unspecified atom stereocenters. The molecule has 184 valence electrons. The minimum atomic E-state index is -3.53. The van der Waals surface area contributed by atoms with E-state index < -0.39 is 10.0 Å². The molecule has 0 radical (unpaired) electrons. The van der Waals surface area contributed by atoms with Gasteiger partial charge in [-0.05, 0) is 74.2 Å². The number of rotatable bonds is 11. The van der Waals surface area contributed by atoms with Gasteiger partial charge in [0.25, 0.3) is 0 Å². The molecule has 3 rings (SSSR count). The van der Waals surface area contributed by atoms with Crippen LogP contribution in [0.5, 0.6) is 11.5 Å². The van der Waals surface area contributed by atoms with Crippen LogP contribution in [0.4, 0.5) is 0 Å². The first-order valence-corrected chi connectivity index (χ1v) is 13.6. The van der Waals surface area contributed by atoms with Crippen molar-refractivity contribution in [2.45, 2.75) is 57.3 Å². The lowest BCUT2D eigenvalue weighted by atomic mass is 10.1. The third kappa shape index (κ3) is 6.93. The molecule has 0 spiro atoms. The number of ketones is 1. The number of nitrogens with zero attached hydrogens (tertiary/aromatic N) is 1. The Hall–Kier alpha value is -2.64. The molecule has 0 amide bonds. The maximum Gasteiger partial charge on any atom is 0.243 e. The predicted octanol–water partition coefficient (Wildman–Crippen LogP) is 5.73. The third-order valence-electron chi connectivity index (χ3n) is 5.68. The van der Waals surface area contributed by atoms with Gasteiger partial charge in [0.2, 0.25) is 10.0 Å². The number of hydrogen-bond acceptors (Lipinski definition) is 5. The Balaban J connectivity index is 1.73. The lowest BCUT2D eigenvalue weighted by molar-refractivity contribution is 0.104. The van der Waals surface area contributed by atoms with Gasteiger partial charge in [0.15, 0.2) is 5.78 Å².